The van der Waals surface area contributed by atoms with Gasteiger partial charge in [-0.25, -0.2) is 9.78 Å². The third-order valence-electron chi connectivity index (χ3n) is 4.49. The Balaban J connectivity index is 2.08. The van der Waals surface area contributed by atoms with Gasteiger partial charge in [-0.2, -0.15) is 4.73 Å². The van der Waals surface area contributed by atoms with Crippen molar-refractivity contribution >= 4 is 11.2 Å². The van der Waals surface area contributed by atoms with Gasteiger partial charge < -0.3 is 24.9 Å². The van der Waals surface area contributed by atoms with E-state index in [-0.39, 0.29) is 17.7 Å². The Morgan fingerprint density at radius 1 is 1.15 bits per heavy atom. The monoisotopic (exact) mass is 384 g/mol. The molecule has 1 saturated heterocycles. The van der Waals surface area contributed by atoms with Crippen LogP contribution in [0.3, 0.4) is 0 Å². The average Bonchev–Trinajstić information content (AvgIpc) is 3.19. The molecule has 11 nitrogen and oxygen atoms in total. The number of ether oxygens (including phenoxy) is 1. The van der Waals surface area contributed by atoms with Crippen LogP contribution in [0.15, 0.2) is 15.9 Å². The van der Waals surface area contributed by atoms with Crippen molar-refractivity contribution in [2.24, 2.45) is 0 Å². The molecule has 1 aliphatic rings. The van der Waals surface area contributed by atoms with E-state index in [1.165, 1.54) is 10.9 Å². The number of aliphatic hydroxyl groups excluding tert-OH is 3. The van der Waals surface area contributed by atoms with E-state index in [4.69, 9.17) is 9.57 Å². The van der Waals surface area contributed by atoms with Crippen LogP contribution < -0.4 is 16.1 Å². The fraction of sp³-hybridized carbons (Fsp3) is 0.688. The zero-order valence-electron chi connectivity index (χ0n) is 15.2. The summed E-state index contributed by atoms with van der Waals surface area (Å²) in [6, 6.07) is 0. The van der Waals surface area contributed by atoms with Crippen molar-refractivity contribution < 1.29 is 24.9 Å². The largest absolute Gasteiger partial charge is 0.394 e. The summed E-state index contributed by atoms with van der Waals surface area (Å²) in [5.41, 5.74) is -0.789. The molecule has 3 rings (SSSR count). The molecule has 150 valence electrons. The van der Waals surface area contributed by atoms with Gasteiger partial charge in [0, 0.05) is 13.1 Å². The van der Waals surface area contributed by atoms with Gasteiger partial charge >= 0.3 is 5.69 Å². The molecular formula is C16H24N4O7. The molecule has 0 saturated carbocycles. The number of nitrogens with zero attached hydrogens (tertiary/aromatic N) is 4. The number of aromatic nitrogens is 4. The molecule has 4 atom stereocenters. The first-order valence-corrected chi connectivity index (χ1v) is 8.94. The predicted octanol–water partition coefficient (Wildman–Crippen LogP) is -1.95. The molecule has 0 amide bonds. The number of hydrogen-bond donors (Lipinski definition) is 3. The minimum absolute atomic E-state index is 0.0363. The molecule has 11 heteroatoms. The Morgan fingerprint density at radius 3 is 2.41 bits per heavy atom. The summed E-state index contributed by atoms with van der Waals surface area (Å²) in [4.78, 5) is 35.1. The zero-order chi connectivity index (χ0) is 19.7. The highest BCUT2D eigenvalue weighted by Gasteiger charge is 2.44. The number of imidazole rings is 1. The van der Waals surface area contributed by atoms with Crippen LogP contribution in [0.2, 0.25) is 0 Å². The quantitative estimate of drug-likeness (QED) is 0.500. The van der Waals surface area contributed by atoms with Crippen LogP contribution in [0.4, 0.5) is 0 Å². The Bertz CT molecular complexity index is 918. The Labute approximate surface area is 154 Å². The molecule has 3 heterocycles. The van der Waals surface area contributed by atoms with Gasteiger partial charge in [0.1, 0.15) is 24.6 Å². The second-order valence-corrected chi connectivity index (χ2v) is 6.45. The van der Waals surface area contributed by atoms with Gasteiger partial charge in [-0.15, -0.1) is 0 Å². The first kappa shape index (κ1) is 19.5. The van der Waals surface area contributed by atoms with Crippen LogP contribution in [0.1, 0.15) is 26.7 Å². The van der Waals surface area contributed by atoms with Gasteiger partial charge in [-0.1, -0.05) is 13.8 Å². The Kier molecular flexibility index (Phi) is 5.65. The molecule has 0 aliphatic carbocycles. The molecule has 2 aromatic heterocycles. The van der Waals surface area contributed by atoms with E-state index in [9.17, 15) is 24.9 Å². The third-order valence-corrected chi connectivity index (χ3v) is 4.49. The molecule has 0 spiro atoms. The van der Waals surface area contributed by atoms with Crippen molar-refractivity contribution in [1.29, 1.82) is 0 Å². The summed E-state index contributed by atoms with van der Waals surface area (Å²) in [7, 11) is 0. The number of rotatable bonds is 7. The zero-order valence-corrected chi connectivity index (χ0v) is 15.2. The third kappa shape index (κ3) is 3.27. The Hall–Kier alpha value is -2.21. The number of hydrogen-bond acceptors (Lipinski definition) is 8. The summed E-state index contributed by atoms with van der Waals surface area (Å²) in [5, 5.41) is 29.0. The molecule has 27 heavy (non-hydrogen) atoms. The molecule has 0 unspecified atom stereocenters. The van der Waals surface area contributed by atoms with E-state index in [0.29, 0.717) is 19.4 Å². The highest BCUT2D eigenvalue weighted by molar-refractivity contribution is 5.69. The molecular weight excluding hydrogens is 360 g/mol. The van der Waals surface area contributed by atoms with Crippen molar-refractivity contribution in [3.05, 3.63) is 27.2 Å². The van der Waals surface area contributed by atoms with E-state index in [1.54, 1.807) is 0 Å². The molecule has 0 aromatic carbocycles. The van der Waals surface area contributed by atoms with Gasteiger partial charge in [-0.05, 0) is 12.8 Å². The van der Waals surface area contributed by atoms with Crippen LogP contribution in [0.5, 0.6) is 0 Å². The van der Waals surface area contributed by atoms with Gasteiger partial charge in [0.15, 0.2) is 11.2 Å². The smallest absolute Gasteiger partial charge is 0.332 e. The van der Waals surface area contributed by atoms with Gasteiger partial charge in [0.2, 0.25) is 0 Å². The van der Waals surface area contributed by atoms with Crippen LogP contribution in [-0.4, -0.2) is 65.4 Å². The maximum atomic E-state index is 12.8. The second-order valence-electron chi connectivity index (χ2n) is 6.45. The molecule has 3 N–H and O–H groups in total. The maximum absolute atomic E-state index is 12.8. The SMILES string of the molecule is CCCn1c(=O)c2c(ncn2O[C@@H]2O[C@H](CO)[C@@H](O)[C@H]2O)n(CCC)c1=O. The average molecular weight is 384 g/mol. The lowest BCUT2D eigenvalue weighted by Crippen LogP contribution is -2.42. The van der Waals surface area contributed by atoms with Crippen molar-refractivity contribution in [1.82, 2.24) is 18.8 Å². The molecule has 0 bridgehead atoms. The highest BCUT2D eigenvalue weighted by atomic mass is 16.8. The van der Waals surface area contributed by atoms with Crippen molar-refractivity contribution in [2.45, 2.75) is 64.4 Å². The normalized spacial score (nSPS) is 25.4. The predicted molar refractivity (Wildman–Crippen MR) is 93.2 cm³/mol. The van der Waals surface area contributed by atoms with E-state index in [1.807, 2.05) is 13.8 Å². The highest BCUT2D eigenvalue weighted by Crippen LogP contribution is 2.21. The van der Waals surface area contributed by atoms with Crippen LogP contribution in [-0.2, 0) is 17.8 Å². The van der Waals surface area contributed by atoms with Gasteiger partial charge in [0.25, 0.3) is 11.8 Å². The van der Waals surface area contributed by atoms with Gasteiger partial charge in [0.05, 0.1) is 6.61 Å². The minimum Gasteiger partial charge on any atom is -0.394 e. The van der Waals surface area contributed by atoms with Crippen molar-refractivity contribution in [3.63, 3.8) is 0 Å². The van der Waals surface area contributed by atoms with Crippen molar-refractivity contribution in [2.75, 3.05) is 6.61 Å². The Morgan fingerprint density at radius 2 is 1.81 bits per heavy atom. The first-order valence-electron chi connectivity index (χ1n) is 8.94. The lowest BCUT2D eigenvalue weighted by Gasteiger charge is -2.17. The molecule has 1 fully saturated rings. The lowest BCUT2D eigenvalue weighted by molar-refractivity contribution is -0.168. The van der Waals surface area contributed by atoms with Crippen LogP contribution in [0.25, 0.3) is 11.2 Å². The summed E-state index contributed by atoms with van der Waals surface area (Å²) >= 11 is 0. The van der Waals surface area contributed by atoms with E-state index >= 15 is 0 Å². The molecule has 0 radical (unpaired) electrons. The number of fused-ring (bicyclic) bond motifs is 1. The standard InChI is InChI=1S/C16H24N4O7/c1-3-5-18-13-10(14(24)19(6-4-2)16(18)25)20(8-17-13)27-15-12(23)11(22)9(7-21)26-15/h8-9,11-12,15,21-23H,3-7H2,1-2H3/t9-,11-,12-,15+/m1/s1. The van der Waals surface area contributed by atoms with E-state index in [2.05, 4.69) is 4.98 Å². The van der Waals surface area contributed by atoms with Crippen LogP contribution >= 0.6 is 0 Å². The molecule has 2 aromatic rings. The summed E-state index contributed by atoms with van der Waals surface area (Å²) < 4.78 is 8.84. The lowest BCUT2D eigenvalue weighted by atomic mass is 10.1. The first-order chi connectivity index (χ1) is 12.9. The second kappa shape index (κ2) is 7.80. The van der Waals surface area contributed by atoms with Gasteiger partial charge in [-0.3, -0.25) is 13.9 Å². The fourth-order valence-corrected chi connectivity index (χ4v) is 3.15. The van der Waals surface area contributed by atoms with E-state index < -0.39 is 42.5 Å². The number of aryl methyl sites for hydroxylation is 1. The fourth-order valence-electron chi connectivity index (χ4n) is 3.15. The topological polar surface area (TPSA) is 141 Å². The van der Waals surface area contributed by atoms with E-state index in [0.717, 1.165) is 9.30 Å². The summed E-state index contributed by atoms with van der Waals surface area (Å²) in [5.74, 6) is 0. The minimum atomic E-state index is -1.42. The number of aliphatic hydroxyl groups is 3. The summed E-state index contributed by atoms with van der Waals surface area (Å²) in [6.45, 7) is 3.88. The maximum Gasteiger partial charge on any atom is 0.332 e. The van der Waals surface area contributed by atoms with Crippen molar-refractivity contribution in [3.8, 4) is 0 Å². The summed E-state index contributed by atoms with van der Waals surface area (Å²) in [6.07, 6.45) is -2.58. The molecule has 1 aliphatic heterocycles. The van der Waals surface area contributed by atoms with Crippen LogP contribution in [0, 0.1) is 0 Å².